The fourth-order valence-corrected chi connectivity index (χ4v) is 1.45. The summed E-state index contributed by atoms with van der Waals surface area (Å²) in [6.07, 6.45) is 5.20. The Morgan fingerprint density at radius 3 is 2.62 bits per heavy atom. The Morgan fingerprint density at radius 1 is 1.44 bits per heavy atom. The summed E-state index contributed by atoms with van der Waals surface area (Å²) in [6.45, 7) is 3.46. The van der Waals surface area contributed by atoms with Crippen LogP contribution in [0.3, 0.4) is 0 Å². The minimum absolute atomic E-state index is 0.220. The number of rotatable bonds is 7. The van der Waals surface area contributed by atoms with Crippen molar-refractivity contribution < 1.29 is 14.3 Å². The molecule has 0 aliphatic carbocycles. The van der Waals surface area contributed by atoms with Crippen LogP contribution in [0.4, 0.5) is 0 Å². The molecule has 0 aromatic rings. The molecule has 0 fully saturated rings. The summed E-state index contributed by atoms with van der Waals surface area (Å²) >= 11 is 3.26. The molecule has 0 bridgehead atoms. The molecule has 0 aliphatic heterocycles. The third-order valence-corrected chi connectivity index (χ3v) is 2.20. The van der Waals surface area contributed by atoms with Gasteiger partial charge in [0, 0.05) is 12.3 Å². The number of alkyl halides is 1. The van der Waals surface area contributed by atoms with E-state index >= 15 is 0 Å². The van der Waals surface area contributed by atoms with Gasteiger partial charge in [-0.15, -0.1) is 0 Å². The molecule has 92 valence electrons. The summed E-state index contributed by atoms with van der Waals surface area (Å²) < 4.78 is 4.87. The molecular formula is C11H18BrNO3. The van der Waals surface area contributed by atoms with Gasteiger partial charge >= 0.3 is 5.97 Å². The van der Waals surface area contributed by atoms with Crippen LogP contribution in [0, 0.1) is 0 Å². The Hall–Kier alpha value is -0.840. The molecule has 0 spiro atoms. The zero-order valence-electron chi connectivity index (χ0n) is 9.66. The van der Waals surface area contributed by atoms with Crippen LogP contribution in [0.2, 0.25) is 0 Å². The van der Waals surface area contributed by atoms with E-state index < -0.39 is 6.04 Å². The van der Waals surface area contributed by atoms with Crippen molar-refractivity contribution in [1.82, 2.24) is 5.32 Å². The Labute approximate surface area is 105 Å². The topological polar surface area (TPSA) is 55.4 Å². The average molecular weight is 292 g/mol. The van der Waals surface area contributed by atoms with E-state index in [1.165, 1.54) is 6.92 Å². The van der Waals surface area contributed by atoms with E-state index in [0.29, 0.717) is 13.0 Å². The maximum absolute atomic E-state index is 11.5. The second kappa shape index (κ2) is 9.39. The minimum atomic E-state index is -0.544. The molecule has 1 amide bonds. The van der Waals surface area contributed by atoms with Crippen molar-refractivity contribution in [3.63, 3.8) is 0 Å². The van der Waals surface area contributed by atoms with Gasteiger partial charge in [-0.2, -0.15) is 0 Å². The average Bonchev–Trinajstić information content (AvgIpc) is 2.22. The Morgan fingerprint density at radius 2 is 2.12 bits per heavy atom. The quantitative estimate of drug-likeness (QED) is 0.442. The lowest BCUT2D eigenvalue weighted by Gasteiger charge is -2.15. The molecule has 0 aromatic carbocycles. The lowest BCUT2D eigenvalue weighted by Crippen LogP contribution is -2.40. The molecule has 0 aliphatic rings. The highest BCUT2D eigenvalue weighted by Gasteiger charge is 2.19. The molecule has 0 saturated heterocycles. The summed E-state index contributed by atoms with van der Waals surface area (Å²) in [5, 5.41) is 3.37. The van der Waals surface area contributed by atoms with Gasteiger partial charge in [0.1, 0.15) is 6.04 Å². The first-order valence-electron chi connectivity index (χ1n) is 5.26. The van der Waals surface area contributed by atoms with E-state index in [0.717, 1.165) is 11.8 Å². The molecule has 5 heteroatoms. The van der Waals surface area contributed by atoms with Crippen molar-refractivity contribution in [3.05, 3.63) is 12.2 Å². The Balaban J connectivity index is 4.14. The maximum Gasteiger partial charge on any atom is 0.328 e. The monoisotopic (exact) mass is 291 g/mol. The molecule has 16 heavy (non-hydrogen) atoms. The largest absolute Gasteiger partial charge is 0.464 e. The maximum atomic E-state index is 11.5. The number of carbonyl (C=O) groups is 2. The highest BCUT2D eigenvalue weighted by atomic mass is 79.9. The first-order chi connectivity index (χ1) is 7.61. The van der Waals surface area contributed by atoms with E-state index in [-0.39, 0.29) is 11.9 Å². The van der Waals surface area contributed by atoms with Crippen molar-refractivity contribution in [3.8, 4) is 0 Å². The van der Waals surface area contributed by atoms with Gasteiger partial charge in [0.25, 0.3) is 0 Å². The molecule has 1 atom stereocenters. The van der Waals surface area contributed by atoms with Crippen molar-refractivity contribution in [2.75, 3.05) is 11.9 Å². The Bertz CT molecular complexity index is 254. The fourth-order valence-electron chi connectivity index (χ4n) is 1.18. The first-order valence-corrected chi connectivity index (χ1v) is 6.38. The molecule has 0 saturated carbocycles. The van der Waals surface area contributed by atoms with Gasteiger partial charge in [-0.1, -0.05) is 28.1 Å². The van der Waals surface area contributed by atoms with E-state index in [4.69, 9.17) is 4.74 Å². The molecule has 1 N–H and O–H groups in total. The smallest absolute Gasteiger partial charge is 0.328 e. The lowest BCUT2D eigenvalue weighted by molar-refractivity contribution is -0.147. The van der Waals surface area contributed by atoms with Crippen LogP contribution in [-0.4, -0.2) is 29.9 Å². The molecule has 0 radical (unpaired) electrons. The second-order valence-corrected chi connectivity index (χ2v) is 3.86. The van der Waals surface area contributed by atoms with Gasteiger partial charge in [-0.3, -0.25) is 4.79 Å². The first kappa shape index (κ1) is 15.2. The third kappa shape index (κ3) is 7.45. The van der Waals surface area contributed by atoms with Gasteiger partial charge in [-0.05, 0) is 19.8 Å². The number of hydrogen-bond acceptors (Lipinski definition) is 3. The van der Waals surface area contributed by atoms with Crippen molar-refractivity contribution in [2.45, 2.75) is 32.7 Å². The van der Waals surface area contributed by atoms with Gasteiger partial charge < -0.3 is 10.1 Å². The van der Waals surface area contributed by atoms with Crippen LogP contribution in [0.5, 0.6) is 0 Å². The van der Waals surface area contributed by atoms with Crippen molar-refractivity contribution in [1.29, 1.82) is 0 Å². The van der Waals surface area contributed by atoms with Crippen LogP contribution >= 0.6 is 15.9 Å². The van der Waals surface area contributed by atoms with Crippen molar-refractivity contribution >= 4 is 27.8 Å². The number of nitrogens with one attached hydrogen (secondary N) is 1. The predicted octanol–water partition coefficient (Wildman–Crippen LogP) is 1.79. The summed E-state index contributed by atoms with van der Waals surface area (Å²) in [5.41, 5.74) is 0. The van der Waals surface area contributed by atoms with E-state index in [1.807, 2.05) is 12.2 Å². The number of halogens is 1. The summed E-state index contributed by atoms with van der Waals surface area (Å²) in [6, 6.07) is -0.544. The normalized spacial score (nSPS) is 12.4. The standard InChI is InChI=1S/C11H18BrNO3/c1-3-16-11(15)10(13-9(2)14)7-5-4-6-8-12/h4,6,10H,3,5,7-8H2,1-2H3,(H,13,14)/b6-4+. The van der Waals surface area contributed by atoms with E-state index in [1.54, 1.807) is 6.92 Å². The number of allylic oxidation sites excluding steroid dienone is 2. The summed E-state index contributed by atoms with van der Waals surface area (Å²) in [7, 11) is 0. The van der Waals surface area contributed by atoms with Gasteiger partial charge in [0.2, 0.25) is 5.91 Å². The lowest BCUT2D eigenvalue weighted by atomic mass is 10.1. The van der Waals surface area contributed by atoms with Crippen LogP contribution in [0.1, 0.15) is 26.7 Å². The number of ether oxygens (including phenoxy) is 1. The van der Waals surface area contributed by atoms with Crippen molar-refractivity contribution in [2.24, 2.45) is 0 Å². The molecular weight excluding hydrogens is 274 g/mol. The number of esters is 1. The van der Waals surface area contributed by atoms with E-state index in [2.05, 4.69) is 21.2 Å². The highest BCUT2D eigenvalue weighted by Crippen LogP contribution is 2.02. The zero-order chi connectivity index (χ0) is 12.4. The van der Waals surface area contributed by atoms with Gasteiger partial charge in [-0.25, -0.2) is 4.79 Å². The zero-order valence-corrected chi connectivity index (χ0v) is 11.2. The number of hydrogen-bond donors (Lipinski definition) is 1. The minimum Gasteiger partial charge on any atom is -0.464 e. The SMILES string of the molecule is CCOC(=O)C(CC/C=C/CBr)NC(C)=O. The van der Waals surface area contributed by atoms with Crippen LogP contribution in [0.25, 0.3) is 0 Å². The second-order valence-electron chi connectivity index (χ2n) is 3.21. The summed E-state index contributed by atoms with van der Waals surface area (Å²) in [5.74, 6) is -0.590. The molecule has 1 unspecified atom stereocenters. The summed E-state index contributed by atoms with van der Waals surface area (Å²) in [4.78, 5) is 22.4. The third-order valence-electron chi connectivity index (χ3n) is 1.83. The molecule has 0 rings (SSSR count). The van der Waals surface area contributed by atoms with E-state index in [9.17, 15) is 9.59 Å². The Kier molecular flexibility index (Phi) is 8.90. The van der Waals surface area contributed by atoms with Crippen LogP contribution < -0.4 is 5.32 Å². The van der Waals surface area contributed by atoms with Crippen LogP contribution in [-0.2, 0) is 14.3 Å². The molecule has 0 aromatic heterocycles. The predicted molar refractivity (Wildman–Crippen MR) is 66.4 cm³/mol. The molecule has 0 heterocycles. The van der Waals surface area contributed by atoms with Crippen LogP contribution in [0.15, 0.2) is 12.2 Å². The number of carbonyl (C=O) groups excluding carboxylic acids is 2. The number of amides is 1. The fraction of sp³-hybridized carbons (Fsp3) is 0.636. The van der Waals surface area contributed by atoms with Gasteiger partial charge in [0.05, 0.1) is 6.61 Å². The van der Waals surface area contributed by atoms with Gasteiger partial charge in [0.15, 0.2) is 0 Å². The highest BCUT2D eigenvalue weighted by molar-refractivity contribution is 9.09. The molecule has 4 nitrogen and oxygen atoms in total.